The van der Waals surface area contributed by atoms with Crippen molar-refractivity contribution in [1.29, 1.82) is 0 Å². The molecule has 0 aliphatic heterocycles. The van der Waals surface area contributed by atoms with Crippen molar-refractivity contribution in [1.82, 2.24) is 25.1 Å². The van der Waals surface area contributed by atoms with E-state index in [1.807, 2.05) is 64.2 Å². The highest BCUT2D eigenvalue weighted by Crippen LogP contribution is 2.20. The van der Waals surface area contributed by atoms with Gasteiger partial charge in [0.05, 0.1) is 11.7 Å². The van der Waals surface area contributed by atoms with Crippen LogP contribution in [0.1, 0.15) is 40.4 Å². The first-order valence-electron chi connectivity index (χ1n) is 8.14. The Hall–Kier alpha value is -3.02. The summed E-state index contributed by atoms with van der Waals surface area (Å²) in [7, 11) is 1.85. The minimum atomic E-state index is -0.222. The first-order valence-corrected chi connectivity index (χ1v) is 8.14. The zero-order valence-corrected chi connectivity index (χ0v) is 14.8. The Kier molecular flexibility index (Phi) is 4.61. The van der Waals surface area contributed by atoms with Crippen molar-refractivity contribution in [3.8, 4) is 11.3 Å². The van der Waals surface area contributed by atoms with Crippen molar-refractivity contribution >= 4 is 5.91 Å². The molecule has 1 unspecified atom stereocenters. The predicted molar refractivity (Wildman–Crippen MR) is 96.0 cm³/mol. The number of pyridine rings is 1. The zero-order valence-electron chi connectivity index (χ0n) is 14.8. The smallest absolute Gasteiger partial charge is 0.251 e. The maximum absolute atomic E-state index is 12.4. The summed E-state index contributed by atoms with van der Waals surface area (Å²) in [6.45, 7) is 5.91. The molecular weight excluding hydrogens is 314 g/mol. The lowest BCUT2D eigenvalue weighted by molar-refractivity contribution is 0.0938. The van der Waals surface area contributed by atoms with E-state index in [9.17, 15) is 4.79 Å². The lowest BCUT2D eigenvalue weighted by Gasteiger charge is -2.13. The number of nitrogens with zero attached hydrogens (tertiary/aromatic N) is 4. The first kappa shape index (κ1) is 16.8. The SMILES string of the molecule is Cc1cc(C)nc(-c2ccc(C(=O)NC(C)c3nncn3C)cc2)c1. The summed E-state index contributed by atoms with van der Waals surface area (Å²) in [5, 5.41) is 10.8. The molecule has 1 aromatic carbocycles. The number of hydrogen-bond acceptors (Lipinski definition) is 4. The third kappa shape index (κ3) is 3.74. The molecule has 1 N–H and O–H groups in total. The van der Waals surface area contributed by atoms with Crippen LogP contribution in [0.4, 0.5) is 0 Å². The quantitative estimate of drug-likeness (QED) is 0.795. The molecule has 1 amide bonds. The Labute approximate surface area is 146 Å². The van der Waals surface area contributed by atoms with E-state index < -0.39 is 0 Å². The molecule has 0 saturated carbocycles. The maximum atomic E-state index is 12.4. The molecule has 0 aliphatic rings. The number of benzene rings is 1. The molecule has 0 fully saturated rings. The van der Waals surface area contributed by atoms with E-state index in [0.29, 0.717) is 11.4 Å². The normalized spacial score (nSPS) is 12.0. The number of amides is 1. The van der Waals surface area contributed by atoms with Gasteiger partial charge >= 0.3 is 0 Å². The fraction of sp³-hybridized carbons (Fsp3) is 0.263. The van der Waals surface area contributed by atoms with Crippen molar-refractivity contribution in [2.75, 3.05) is 0 Å². The molecule has 3 rings (SSSR count). The van der Waals surface area contributed by atoms with Crippen LogP contribution in [0.2, 0.25) is 0 Å². The lowest BCUT2D eigenvalue weighted by atomic mass is 10.1. The Balaban J connectivity index is 1.75. The van der Waals surface area contributed by atoms with Crippen LogP contribution in [0.5, 0.6) is 0 Å². The van der Waals surface area contributed by atoms with Gasteiger partial charge in [-0.3, -0.25) is 9.78 Å². The number of aryl methyl sites for hydroxylation is 3. The summed E-state index contributed by atoms with van der Waals surface area (Å²) < 4.78 is 1.79. The van der Waals surface area contributed by atoms with E-state index in [-0.39, 0.29) is 11.9 Å². The largest absolute Gasteiger partial charge is 0.342 e. The number of hydrogen-bond donors (Lipinski definition) is 1. The van der Waals surface area contributed by atoms with Gasteiger partial charge in [0.15, 0.2) is 5.82 Å². The fourth-order valence-corrected chi connectivity index (χ4v) is 2.81. The van der Waals surface area contributed by atoms with Gasteiger partial charge in [-0.1, -0.05) is 12.1 Å². The number of nitrogens with one attached hydrogen (secondary N) is 1. The number of rotatable bonds is 4. The van der Waals surface area contributed by atoms with Gasteiger partial charge in [-0.05, 0) is 50.6 Å². The summed E-state index contributed by atoms with van der Waals surface area (Å²) in [6, 6.07) is 11.3. The lowest BCUT2D eigenvalue weighted by Crippen LogP contribution is -2.28. The van der Waals surface area contributed by atoms with Gasteiger partial charge in [0.1, 0.15) is 6.33 Å². The molecule has 1 atom stereocenters. The molecule has 6 heteroatoms. The van der Waals surface area contributed by atoms with Crippen molar-refractivity contribution in [2.45, 2.75) is 26.8 Å². The van der Waals surface area contributed by atoms with Crippen LogP contribution in [-0.2, 0) is 7.05 Å². The van der Waals surface area contributed by atoms with E-state index in [1.165, 1.54) is 5.56 Å². The van der Waals surface area contributed by atoms with E-state index >= 15 is 0 Å². The van der Waals surface area contributed by atoms with Gasteiger partial charge in [0.25, 0.3) is 5.91 Å². The summed E-state index contributed by atoms with van der Waals surface area (Å²) in [5.74, 6) is 0.569. The Morgan fingerprint density at radius 3 is 2.48 bits per heavy atom. The molecule has 3 aromatic rings. The predicted octanol–water partition coefficient (Wildman–Crippen LogP) is 2.98. The Bertz CT molecular complexity index is 878. The van der Waals surface area contributed by atoms with Crippen LogP contribution in [0, 0.1) is 13.8 Å². The van der Waals surface area contributed by atoms with Crippen LogP contribution in [-0.4, -0.2) is 25.7 Å². The Morgan fingerprint density at radius 2 is 1.88 bits per heavy atom. The highest BCUT2D eigenvalue weighted by Gasteiger charge is 2.15. The topological polar surface area (TPSA) is 72.7 Å². The number of aromatic nitrogens is 4. The van der Waals surface area contributed by atoms with Crippen LogP contribution < -0.4 is 5.32 Å². The first-order chi connectivity index (χ1) is 11.9. The highest BCUT2D eigenvalue weighted by molar-refractivity contribution is 5.94. The average Bonchev–Trinajstić information content (AvgIpc) is 3.00. The van der Waals surface area contributed by atoms with Gasteiger partial charge in [-0.15, -0.1) is 10.2 Å². The van der Waals surface area contributed by atoms with E-state index in [0.717, 1.165) is 17.0 Å². The molecule has 2 heterocycles. The summed E-state index contributed by atoms with van der Waals surface area (Å²) in [4.78, 5) is 17.0. The van der Waals surface area contributed by atoms with Crippen LogP contribution in [0.15, 0.2) is 42.7 Å². The Morgan fingerprint density at radius 1 is 1.16 bits per heavy atom. The van der Waals surface area contributed by atoms with Crippen molar-refractivity contribution < 1.29 is 4.79 Å². The van der Waals surface area contributed by atoms with Gasteiger partial charge in [0.2, 0.25) is 0 Å². The van der Waals surface area contributed by atoms with Gasteiger partial charge in [0, 0.05) is 23.9 Å². The number of carbonyl (C=O) groups is 1. The average molecular weight is 335 g/mol. The summed E-state index contributed by atoms with van der Waals surface area (Å²) >= 11 is 0. The molecule has 0 spiro atoms. The molecule has 128 valence electrons. The van der Waals surface area contributed by atoms with Crippen molar-refractivity contribution in [2.24, 2.45) is 7.05 Å². The second-order valence-electron chi connectivity index (χ2n) is 6.24. The van der Waals surface area contributed by atoms with E-state index in [2.05, 4.69) is 20.5 Å². The minimum Gasteiger partial charge on any atom is -0.342 e. The third-order valence-electron chi connectivity index (χ3n) is 4.02. The van der Waals surface area contributed by atoms with Gasteiger partial charge in [-0.25, -0.2) is 0 Å². The molecule has 0 bridgehead atoms. The maximum Gasteiger partial charge on any atom is 0.251 e. The van der Waals surface area contributed by atoms with Crippen molar-refractivity contribution in [3.05, 3.63) is 65.4 Å². The van der Waals surface area contributed by atoms with E-state index in [4.69, 9.17) is 0 Å². The summed E-state index contributed by atoms with van der Waals surface area (Å²) in [5.41, 5.74) is 4.65. The monoisotopic (exact) mass is 335 g/mol. The van der Waals surface area contributed by atoms with E-state index in [1.54, 1.807) is 10.9 Å². The van der Waals surface area contributed by atoms with Crippen LogP contribution in [0.25, 0.3) is 11.3 Å². The minimum absolute atomic E-state index is 0.143. The summed E-state index contributed by atoms with van der Waals surface area (Å²) in [6.07, 6.45) is 1.61. The van der Waals surface area contributed by atoms with Crippen LogP contribution in [0.3, 0.4) is 0 Å². The molecule has 0 aliphatic carbocycles. The zero-order chi connectivity index (χ0) is 18.0. The van der Waals surface area contributed by atoms with Gasteiger partial charge in [-0.2, -0.15) is 0 Å². The standard InChI is InChI=1S/C19H21N5O/c1-12-9-13(2)21-17(10-12)15-5-7-16(8-6-15)19(25)22-14(3)18-23-20-11-24(18)4/h5-11,14H,1-4H3,(H,22,25). The molecular formula is C19H21N5O. The highest BCUT2D eigenvalue weighted by atomic mass is 16.1. The molecule has 0 radical (unpaired) electrons. The van der Waals surface area contributed by atoms with Gasteiger partial charge < -0.3 is 9.88 Å². The molecule has 6 nitrogen and oxygen atoms in total. The molecule has 2 aromatic heterocycles. The van der Waals surface area contributed by atoms with Crippen molar-refractivity contribution in [3.63, 3.8) is 0 Å². The second kappa shape index (κ2) is 6.84. The second-order valence-corrected chi connectivity index (χ2v) is 6.24. The molecule has 0 saturated heterocycles. The third-order valence-corrected chi connectivity index (χ3v) is 4.02. The number of carbonyl (C=O) groups excluding carboxylic acids is 1. The van der Waals surface area contributed by atoms with Crippen LogP contribution >= 0.6 is 0 Å². The fourth-order valence-electron chi connectivity index (χ4n) is 2.81. The molecule has 25 heavy (non-hydrogen) atoms.